The highest BCUT2D eigenvalue weighted by atomic mass is 16.5. The van der Waals surface area contributed by atoms with Gasteiger partial charge in [0.25, 0.3) is 0 Å². The number of carbonyl (C=O) groups excluding carboxylic acids is 2. The molecule has 0 aromatic heterocycles. The van der Waals surface area contributed by atoms with Crippen molar-refractivity contribution in [3.8, 4) is 28.4 Å². The second-order valence-electron chi connectivity index (χ2n) is 11.5. The first kappa shape index (κ1) is 32.6. The number of anilines is 1. The number of rotatable bonds is 10. The number of aryl methyl sites for hydroxylation is 1. The second kappa shape index (κ2) is 14.0. The Balaban J connectivity index is 1.82. The molecule has 2 aromatic carbocycles. The van der Waals surface area contributed by atoms with Crippen LogP contribution in [0.2, 0.25) is 0 Å². The number of nitrogens with zero attached hydrogens (tertiary/aromatic N) is 1. The molecule has 0 bridgehead atoms. The molecule has 2 aromatic rings. The van der Waals surface area contributed by atoms with E-state index in [1.165, 1.54) is 20.1 Å². The highest BCUT2D eigenvalue weighted by molar-refractivity contribution is 5.86. The summed E-state index contributed by atoms with van der Waals surface area (Å²) in [6.45, 7) is 6.09. The first-order chi connectivity index (χ1) is 21.0. The number of piperidine rings is 1. The number of ether oxygens (including phenoxy) is 3. The van der Waals surface area contributed by atoms with Gasteiger partial charge >= 0.3 is 5.97 Å². The summed E-state index contributed by atoms with van der Waals surface area (Å²) >= 11 is 0. The van der Waals surface area contributed by atoms with Gasteiger partial charge in [-0.05, 0) is 66.5 Å². The van der Waals surface area contributed by atoms with Crippen LogP contribution in [0.25, 0.3) is 11.1 Å². The molecule has 1 fully saturated rings. The standard InChI is InChI=1S/C33H43N3O8/c1-7-18(2)29(32(39)36-14-12-20(13-15-36)33(40)41)35-25-11-9-22-23(17-26(25)38)24(34-19(3)37)10-8-21-16-27(42-4)30(43-5)31(44-6)28(21)22/h9,11,16-18,20,24,29H,7-8,10,12-15H2,1-6H3,(H,34,37)(H,35,38)(H,40,41). The van der Waals surface area contributed by atoms with Gasteiger partial charge in [0, 0.05) is 25.6 Å². The number of hydrogen-bond donors (Lipinski definition) is 3. The summed E-state index contributed by atoms with van der Waals surface area (Å²) < 4.78 is 17.1. The third kappa shape index (κ3) is 6.61. The Labute approximate surface area is 257 Å². The highest BCUT2D eigenvalue weighted by Gasteiger charge is 2.34. The first-order valence-electron chi connectivity index (χ1n) is 15.1. The van der Waals surface area contributed by atoms with Crippen LogP contribution in [-0.4, -0.2) is 68.3 Å². The van der Waals surface area contributed by atoms with Gasteiger partial charge in [0.05, 0.1) is 39.0 Å². The molecular weight excluding hydrogens is 566 g/mol. The van der Waals surface area contributed by atoms with Crippen LogP contribution in [-0.2, 0) is 20.8 Å². The number of likely N-dealkylation sites (tertiary alicyclic amines) is 1. The second-order valence-corrected chi connectivity index (χ2v) is 11.5. The zero-order chi connectivity index (χ0) is 32.1. The van der Waals surface area contributed by atoms with Crippen molar-refractivity contribution in [1.82, 2.24) is 10.2 Å². The maximum Gasteiger partial charge on any atom is 0.306 e. The van der Waals surface area contributed by atoms with Gasteiger partial charge in [-0.1, -0.05) is 26.3 Å². The van der Waals surface area contributed by atoms with Crippen LogP contribution >= 0.6 is 0 Å². The maximum atomic E-state index is 13.8. The molecular formula is C33H43N3O8. The molecule has 3 N–H and O–H groups in total. The Morgan fingerprint density at radius 1 is 1.02 bits per heavy atom. The van der Waals surface area contributed by atoms with Gasteiger partial charge in [-0.25, -0.2) is 0 Å². The predicted octanol–water partition coefficient (Wildman–Crippen LogP) is 4.01. The van der Waals surface area contributed by atoms with Crippen molar-refractivity contribution in [2.45, 2.75) is 65.0 Å². The largest absolute Gasteiger partial charge is 0.493 e. The number of carboxylic acids is 1. The molecule has 3 unspecified atom stereocenters. The molecule has 2 aliphatic rings. The molecule has 1 saturated heterocycles. The van der Waals surface area contributed by atoms with Gasteiger partial charge in [-0.15, -0.1) is 0 Å². The molecule has 0 spiro atoms. The van der Waals surface area contributed by atoms with E-state index in [4.69, 9.17) is 14.2 Å². The van der Waals surface area contributed by atoms with Crippen LogP contribution in [0.3, 0.4) is 0 Å². The third-order valence-electron chi connectivity index (χ3n) is 8.86. The number of carboxylic acid groups (broad SMARTS) is 1. The van der Waals surface area contributed by atoms with Crippen LogP contribution < -0.4 is 30.3 Å². The lowest BCUT2D eigenvalue weighted by Gasteiger charge is -2.35. The van der Waals surface area contributed by atoms with E-state index in [0.717, 1.165) is 11.1 Å². The molecule has 0 radical (unpaired) electrons. The van der Waals surface area contributed by atoms with Crippen molar-refractivity contribution >= 4 is 23.5 Å². The van der Waals surface area contributed by atoms with Crippen LogP contribution in [0.5, 0.6) is 17.2 Å². The summed E-state index contributed by atoms with van der Waals surface area (Å²) in [7, 11) is 4.63. The fourth-order valence-electron chi connectivity index (χ4n) is 6.22. The van der Waals surface area contributed by atoms with Crippen molar-refractivity contribution in [2.75, 3.05) is 39.7 Å². The van der Waals surface area contributed by atoms with E-state index in [9.17, 15) is 24.3 Å². The number of benzene rings is 1. The van der Waals surface area contributed by atoms with E-state index in [2.05, 4.69) is 10.6 Å². The van der Waals surface area contributed by atoms with Gasteiger partial charge in [0.2, 0.25) is 23.0 Å². The van der Waals surface area contributed by atoms with Gasteiger partial charge in [0.15, 0.2) is 11.5 Å². The lowest BCUT2D eigenvalue weighted by Crippen LogP contribution is -2.49. The van der Waals surface area contributed by atoms with Crippen LogP contribution in [0.4, 0.5) is 5.69 Å². The van der Waals surface area contributed by atoms with Crippen molar-refractivity contribution < 1.29 is 33.7 Å². The fraction of sp³-hybridized carbons (Fsp3) is 0.515. The van der Waals surface area contributed by atoms with Gasteiger partial charge in [0.1, 0.15) is 6.04 Å². The summed E-state index contributed by atoms with van der Waals surface area (Å²) in [6.07, 6.45) is 2.60. The molecule has 1 aliphatic carbocycles. The fourth-order valence-corrected chi connectivity index (χ4v) is 6.22. The first-order valence-corrected chi connectivity index (χ1v) is 15.1. The van der Waals surface area contributed by atoms with E-state index >= 15 is 0 Å². The number of hydrogen-bond acceptors (Lipinski definition) is 8. The van der Waals surface area contributed by atoms with E-state index < -0.39 is 24.0 Å². The average molecular weight is 610 g/mol. The molecule has 4 rings (SSSR count). The Kier molecular flexibility index (Phi) is 10.4. The van der Waals surface area contributed by atoms with Crippen LogP contribution in [0.15, 0.2) is 29.1 Å². The van der Waals surface area contributed by atoms with Crippen LogP contribution in [0, 0.1) is 11.8 Å². The van der Waals surface area contributed by atoms with E-state index in [1.54, 1.807) is 25.2 Å². The lowest BCUT2D eigenvalue weighted by molar-refractivity contribution is -0.146. The number of aliphatic carboxylic acids is 1. The number of carbonyl (C=O) groups is 3. The maximum absolute atomic E-state index is 13.8. The van der Waals surface area contributed by atoms with E-state index in [1.807, 2.05) is 26.0 Å². The molecule has 0 saturated carbocycles. The summed E-state index contributed by atoms with van der Waals surface area (Å²) in [6, 6.07) is 5.78. The molecule has 1 heterocycles. The molecule has 238 valence electrons. The zero-order valence-corrected chi connectivity index (χ0v) is 26.3. The third-order valence-corrected chi connectivity index (χ3v) is 8.86. The van der Waals surface area contributed by atoms with E-state index in [-0.39, 0.29) is 28.8 Å². The summed E-state index contributed by atoms with van der Waals surface area (Å²) in [5.74, 6) is -0.398. The Hall–Kier alpha value is -4.28. The number of amides is 2. The SMILES string of the molecule is CCC(C)C(Nc1ccc2c(cc1=O)C(NC(C)=O)CCc1cc(OC)c(OC)c(OC)c1-2)C(=O)N1CCC(C(=O)O)CC1. The molecule has 1 aliphatic heterocycles. The monoisotopic (exact) mass is 609 g/mol. The summed E-state index contributed by atoms with van der Waals surface area (Å²) in [4.78, 5) is 53.0. The molecule has 2 amide bonds. The topological polar surface area (TPSA) is 144 Å². The normalized spacial score (nSPS) is 17.7. The Morgan fingerprint density at radius 3 is 2.27 bits per heavy atom. The van der Waals surface area contributed by atoms with Crippen molar-refractivity contribution in [3.63, 3.8) is 0 Å². The molecule has 3 atom stereocenters. The molecule has 44 heavy (non-hydrogen) atoms. The lowest BCUT2D eigenvalue weighted by atomic mass is 9.93. The average Bonchev–Trinajstić information content (AvgIpc) is 3.26. The minimum Gasteiger partial charge on any atom is -0.493 e. The Bertz CT molecular complexity index is 1470. The number of nitrogens with one attached hydrogen (secondary N) is 2. The van der Waals surface area contributed by atoms with Crippen molar-refractivity contribution in [1.29, 1.82) is 0 Å². The predicted molar refractivity (Wildman–Crippen MR) is 166 cm³/mol. The minimum atomic E-state index is -0.840. The van der Waals surface area contributed by atoms with Crippen molar-refractivity contribution in [3.05, 3.63) is 45.6 Å². The quantitative estimate of drug-likeness (QED) is 0.364. The van der Waals surface area contributed by atoms with Gasteiger partial charge in [-0.3, -0.25) is 19.2 Å². The van der Waals surface area contributed by atoms with Gasteiger partial charge in [-0.2, -0.15) is 0 Å². The zero-order valence-electron chi connectivity index (χ0n) is 26.3. The van der Waals surface area contributed by atoms with Crippen LogP contribution in [0.1, 0.15) is 63.6 Å². The smallest absolute Gasteiger partial charge is 0.306 e. The molecule has 11 heteroatoms. The number of fused-ring (bicyclic) bond motifs is 3. The van der Waals surface area contributed by atoms with Crippen molar-refractivity contribution in [2.24, 2.45) is 11.8 Å². The summed E-state index contributed by atoms with van der Waals surface area (Å²) in [5.41, 5.74) is 2.91. The highest BCUT2D eigenvalue weighted by Crippen LogP contribution is 2.50. The minimum absolute atomic E-state index is 0.105. The Morgan fingerprint density at radius 2 is 1.70 bits per heavy atom. The number of methoxy groups -OCH3 is 3. The van der Waals surface area contributed by atoms with Gasteiger partial charge < -0.3 is 34.9 Å². The van der Waals surface area contributed by atoms with E-state index in [0.29, 0.717) is 73.6 Å². The summed E-state index contributed by atoms with van der Waals surface area (Å²) in [5, 5.41) is 15.6. The molecule has 11 nitrogen and oxygen atoms in total.